The molecular formula is C14H16N4O3. The van der Waals surface area contributed by atoms with Gasteiger partial charge in [0.2, 0.25) is 0 Å². The van der Waals surface area contributed by atoms with Crippen LogP contribution in [0.15, 0.2) is 36.7 Å². The number of methoxy groups -OCH3 is 1. The van der Waals surface area contributed by atoms with E-state index in [9.17, 15) is 4.79 Å². The zero-order valence-electron chi connectivity index (χ0n) is 11.6. The summed E-state index contributed by atoms with van der Waals surface area (Å²) in [7, 11) is 1.59. The van der Waals surface area contributed by atoms with Crippen LogP contribution in [0, 0.1) is 0 Å². The number of nitrogens with two attached hydrogens (primary N) is 1. The number of carbonyl (C=O) groups is 1. The van der Waals surface area contributed by atoms with Gasteiger partial charge in [-0.2, -0.15) is 0 Å². The van der Waals surface area contributed by atoms with Crippen LogP contribution in [0.3, 0.4) is 0 Å². The molecule has 0 aliphatic carbocycles. The highest BCUT2D eigenvalue weighted by atomic mass is 16.5. The van der Waals surface area contributed by atoms with Crippen molar-refractivity contribution in [3.05, 3.63) is 42.4 Å². The Hall–Kier alpha value is -2.83. The summed E-state index contributed by atoms with van der Waals surface area (Å²) in [5.74, 6) is 1.10. The molecule has 0 saturated heterocycles. The van der Waals surface area contributed by atoms with E-state index in [4.69, 9.17) is 15.2 Å². The lowest BCUT2D eigenvalue weighted by atomic mass is 10.3. The van der Waals surface area contributed by atoms with Gasteiger partial charge in [0, 0.05) is 18.5 Å². The molecule has 1 amide bonds. The molecule has 0 atom stereocenters. The molecule has 110 valence electrons. The molecule has 0 aliphatic heterocycles. The number of anilines is 1. The fourth-order valence-electron chi connectivity index (χ4n) is 1.63. The van der Waals surface area contributed by atoms with Crippen molar-refractivity contribution < 1.29 is 14.3 Å². The second kappa shape index (κ2) is 7.09. The van der Waals surface area contributed by atoms with Gasteiger partial charge in [-0.05, 0) is 12.1 Å². The molecule has 0 saturated carbocycles. The minimum atomic E-state index is -0.380. The molecule has 7 nitrogen and oxygen atoms in total. The maximum Gasteiger partial charge on any atom is 0.273 e. The van der Waals surface area contributed by atoms with E-state index in [1.807, 2.05) is 18.2 Å². The minimum Gasteiger partial charge on any atom is -0.497 e. The van der Waals surface area contributed by atoms with Crippen molar-refractivity contribution in [1.29, 1.82) is 0 Å². The van der Waals surface area contributed by atoms with E-state index < -0.39 is 0 Å². The highest BCUT2D eigenvalue weighted by molar-refractivity contribution is 5.96. The van der Waals surface area contributed by atoms with E-state index in [0.29, 0.717) is 24.7 Å². The molecule has 21 heavy (non-hydrogen) atoms. The maximum absolute atomic E-state index is 11.8. The highest BCUT2D eigenvalue weighted by Crippen LogP contribution is 2.18. The fourth-order valence-corrected chi connectivity index (χ4v) is 1.63. The van der Waals surface area contributed by atoms with Crippen LogP contribution in [0.4, 0.5) is 5.82 Å². The number of ether oxygens (including phenoxy) is 2. The predicted octanol–water partition coefficient (Wildman–Crippen LogP) is 0.876. The number of amides is 1. The van der Waals surface area contributed by atoms with E-state index in [2.05, 4.69) is 15.3 Å². The Balaban J connectivity index is 1.79. The lowest BCUT2D eigenvalue weighted by molar-refractivity contribution is 0.0942. The van der Waals surface area contributed by atoms with E-state index in [-0.39, 0.29) is 17.4 Å². The first-order valence-electron chi connectivity index (χ1n) is 6.32. The van der Waals surface area contributed by atoms with E-state index in [1.54, 1.807) is 13.2 Å². The molecule has 2 aromatic rings. The molecule has 1 aromatic heterocycles. The third-order valence-electron chi connectivity index (χ3n) is 2.64. The molecule has 3 N–H and O–H groups in total. The van der Waals surface area contributed by atoms with Gasteiger partial charge < -0.3 is 20.5 Å². The average molecular weight is 288 g/mol. The van der Waals surface area contributed by atoms with Crippen LogP contribution >= 0.6 is 0 Å². The van der Waals surface area contributed by atoms with Crippen LogP contribution in [-0.4, -0.2) is 36.1 Å². The number of carbonyl (C=O) groups excluding carboxylic acids is 1. The van der Waals surface area contributed by atoms with Crippen molar-refractivity contribution in [2.75, 3.05) is 26.0 Å². The molecule has 1 heterocycles. The Morgan fingerprint density at radius 3 is 2.81 bits per heavy atom. The van der Waals surface area contributed by atoms with Crippen LogP contribution in [0.1, 0.15) is 10.5 Å². The van der Waals surface area contributed by atoms with Crippen molar-refractivity contribution in [1.82, 2.24) is 15.3 Å². The quantitative estimate of drug-likeness (QED) is 0.765. The molecule has 0 spiro atoms. The Kier molecular flexibility index (Phi) is 4.92. The zero-order chi connectivity index (χ0) is 15.1. The molecule has 0 unspecified atom stereocenters. The van der Waals surface area contributed by atoms with Crippen LogP contribution in [0.2, 0.25) is 0 Å². The summed E-state index contributed by atoms with van der Waals surface area (Å²) < 4.78 is 10.6. The van der Waals surface area contributed by atoms with Crippen LogP contribution in [0.25, 0.3) is 0 Å². The van der Waals surface area contributed by atoms with Gasteiger partial charge in [-0.25, -0.2) is 9.97 Å². The number of aromatic nitrogens is 2. The highest BCUT2D eigenvalue weighted by Gasteiger charge is 2.10. The molecule has 0 aliphatic rings. The van der Waals surface area contributed by atoms with Crippen molar-refractivity contribution in [3.8, 4) is 11.5 Å². The van der Waals surface area contributed by atoms with Gasteiger partial charge in [-0.3, -0.25) is 4.79 Å². The van der Waals surface area contributed by atoms with Gasteiger partial charge in [-0.1, -0.05) is 6.07 Å². The molecule has 0 radical (unpaired) electrons. The van der Waals surface area contributed by atoms with Gasteiger partial charge in [0.05, 0.1) is 13.7 Å². The van der Waals surface area contributed by atoms with Crippen LogP contribution in [-0.2, 0) is 0 Å². The minimum absolute atomic E-state index is 0.101. The Bertz CT molecular complexity index is 619. The molecule has 0 bridgehead atoms. The van der Waals surface area contributed by atoms with E-state index in [0.717, 1.165) is 0 Å². The van der Waals surface area contributed by atoms with Gasteiger partial charge in [0.25, 0.3) is 5.91 Å². The number of benzene rings is 1. The third-order valence-corrected chi connectivity index (χ3v) is 2.64. The van der Waals surface area contributed by atoms with Gasteiger partial charge in [0.15, 0.2) is 11.5 Å². The topological polar surface area (TPSA) is 99.4 Å². The lowest BCUT2D eigenvalue weighted by Gasteiger charge is -2.09. The maximum atomic E-state index is 11.8. The number of hydrogen-bond donors (Lipinski definition) is 2. The number of nitrogen functional groups attached to an aromatic ring is 1. The first-order valence-corrected chi connectivity index (χ1v) is 6.32. The molecular weight excluding hydrogens is 272 g/mol. The smallest absolute Gasteiger partial charge is 0.273 e. The summed E-state index contributed by atoms with van der Waals surface area (Å²) in [5.41, 5.74) is 5.68. The number of nitrogens with zero attached hydrogens (tertiary/aromatic N) is 2. The number of hydrogen-bond acceptors (Lipinski definition) is 6. The van der Waals surface area contributed by atoms with Crippen LogP contribution in [0.5, 0.6) is 11.5 Å². The second-order valence-corrected chi connectivity index (χ2v) is 4.07. The molecule has 1 aromatic carbocycles. The summed E-state index contributed by atoms with van der Waals surface area (Å²) in [4.78, 5) is 19.5. The van der Waals surface area contributed by atoms with Crippen molar-refractivity contribution in [3.63, 3.8) is 0 Å². The number of nitrogens with one attached hydrogen (secondary N) is 1. The number of rotatable bonds is 6. The summed E-state index contributed by atoms with van der Waals surface area (Å²) in [6.07, 6.45) is 2.84. The van der Waals surface area contributed by atoms with Crippen molar-refractivity contribution >= 4 is 11.7 Å². The zero-order valence-corrected chi connectivity index (χ0v) is 11.6. The molecule has 0 fully saturated rings. The Labute approximate surface area is 122 Å². The Morgan fingerprint density at radius 2 is 2.05 bits per heavy atom. The van der Waals surface area contributed by atoms with Gasteiger partial charge in [-0.15, -0.1) is 0 Å². The summed E-state index contributed by atoms with van der Waals surface area (Å²) in [5, 5.41) is 2.66. The van der Waals surface area contributed by atoms with Crippen LogP contribution < -0.4 is 20.5 Å². The van der Waals surface area contributed by atoms with Crippen molar-refractivity contribution in [2.24, 2.45) is 0 Å². The lowest BCUT2D eigenvalue weighted by Crippen LogP contribution is -2.29. The summed E-state index contributed by atoms with van der Waals surface area (Å²) in [6.45, 7) is 0.644. The first-order chi connectivity index (χ1) is 10.2. The van der Waals surface area contributed by atoms with E-state index in [1.165, 1.54) is 12.4 Å². The van der Waals surface area contributed by atoms with Gasteiger partial charge in [0.1, 0.15) is 18.1 Å². The van der Waals surface area contributed by atoms with Crippen molar-refractivity contribution in [2.45, 2.75) is 0 Å². The molecule has 7 heteroatoms. The van der Waals surface area contributed by atoms with Gasteiger partial charge >= 0.3 is 0 Å². The largest absolute Gasteiger partial charge is 0.497 e. The molecule has 2 rings (SSSR count). The first kappa shape index (κ1) is 14.6. The summed E-state index contributed by atoms with van der Waals surface area (Å²) >= 11 is 0. The second-order valence-electron chi connectivity index (χ2n) is 4.07. The SMILES string of the molecule is COc1cccc(OCCNC(=O)c2nccnc2N)c1. The Morgan fingerprint density at radius 1 is 1.29 bits per heavy atom. The third kappa shape index (κ3) is 4.07. The predicted molar refractivity (Wildman–Crippen MR) is 77.3 cm³/mol. The monoisotopic (exact) mass is 288 g/mol. The fraction of sp³-hybridized carbons (Fsp3) is 0.214. The normalized spacial score (nSPS) is 9.95. The standard InChI is InChI=1S/C14H16N4O3/c1-20-10-3-2-4-11(9-10)21-8-7-18-14(19)12-13(15)17-6-5-16-12/h2-6,9H,7-8H2,1H3,(H2,15,17)(H,18,19). The average Bonchev–Trinajstić information content (AvgIpc) is 2.52. The summed E-state index contributed by atoms with van der Waals surface area (Å²) in [6, 6.07) is 7.23. The van der Waals surface area contributed by atoms with E-state index >= 15 is 0 Å².